The highest BCUT2D eigenvalue weighted by Gasteiger charge is 2.33. The van der Waals surface area contributed by atoms with Crippen molar-refractivity contribution in [3.05, 3.63) is 59.7 Å². The van der Waals surface area contributed by atoms with Crippen molar-refractivity contribution in [2.45, 2.75) is 128 Å². The molecule has 0 bridgehead atoms. The average Bonchev–Trinajstić information content (AvgIpc) is 3.38. The summed E-state index contributed by atoms with van der Waals surface area (Å²) in [6.07, 6.45) is 13.4. The fourth-order valence-electron chi connectivity index (χ4n) is 6.92. The van der Waals surface area contributed by atoms with Gasteiger partial charge in [0.1, 0.15) is 5.52 Å². The molecule has 0 saturated carbocycles. The zero-order valence-electron chi connectivity index (χ0n) is 29.5. The van der Waals surface area contributed by atoms with Crippen LogP contribution < -0.4 is 0 Å². The van der Waals surface area contributed by atoms with Crippen LogP contribution in [0.5, 0.6) is 0 Å². The fourth-order valence-corrected chi connectivity index (χ4v) is 8.00. The first-order chi connectivity index (χ1) is 23.4. The maximum atomic E-state index is 13.9. The maximum Gasteiger partial charge on any atom is 0.236 e. The van der Waals surface area contributed by atoms with E-state index in [9.17, 15) is 9.59 Å². The molecule has 0 N–H and O–H groups in total. The monoisotopic (exact) mass is 670 g/mol. The van der Waals surface area contributed by atoms with Crippen LogP contribution in [0.25, 0.3) is 22.1 Å². The lowest BCUT2D eigenvalue weighted by Gasteiger charge is -2.41. The molecule has 0 aliphatic carbocycles. The van der Waals surface area contributed by atoms with Crippen LogP contribution in [0.4, 0.5) is 0 Å². The van der Waals surface area contributed by atoms with E-state index in [-0.39, 0.29) is 23.1 Å². The standard InChI is InChI=1S/C39H54N6O2S/c1-5-7-8-9-10-11-12-13-17-21-35(46)44-25-24-43(27-30(44)4)38(47)34(18-6-2)48-39-40-37-36(41-42-39)32-26-29(3)22-23-33(32)45(37)28-31-19-15-14-16-20-31/h14-16,19-20,22-23,26,30,34H,5-13,17-18,21,24-25,27-28H2,1-4H3. The van der Waals surface area contributed by atoms with Gasteiger partial charge in [0.05, 0.1) is 10.8 Å². The Balaban J connectivity index is 1.21. The van der Waals surface area contributed by atoms with Gasteiger partial charge in [0.15, 0.2) is 5.65 Å². The maximum absolute atomic E-state index is 13.9. The van der Waals surface area contributed by atoms with Gasteiger partial charge < -0.3 is 14.4 Å². The summed E-state index contributed by atoms with van der Waals surface area (Å²) in [7, 11) is 0. The van der Waals surface area contributed by atoms with Crippen molar-refractivity contribution in [2.24, 2.45) is 0 Å². The molecule has 4 aromatic rings. The summed E-state index contributed by atoms with van der Waals surface area (Å²) in [5.74, 6) is 0.328. The molecule has 2 aromatic carbocycles. The molecule has 258 valence electrons. The SMILES string of the molecule is CCCCCCCCCCCC(=O)N1CCN(C(=O)C(CCC)Sc2nnc3c4cc(C)ccc4n(Cc4ccccc4)c3n2)CC1C. The number of piperazine rings is 1. The Hall–Kier alpha value is -3.46. The lowest BCUT2D eigenvalue weighted by molar-refractivity contribution is -0.142. The van der Waals surface area contributed by atoms with Crippen molar-refractivity contribution in [1.29, 1.82) is 0 Å². The van der Waals surface area contributed by atoms with Gasteiger partial charge in [-0.2, -0.15) is 0 Å². The number of thioether (sulfide) groups is 1. The molecule has 0 radical (unpaired) electrons. The number of amides is 2. The zero-order chi connectivity index (χ0) is 33.9. The van der Waals surface area contributed by atoms with E-state index in [1.54, 1.807) is 0 Å². The largest absolute Gasteiger partial charge is 0.338 e. The Morgan fingerprint density at radius 2 is 1.62 bits per heavy atom. The van der Waals surface area contributed by atoms with Crippen LogP contribution in [0.2, 0.25) is 0 Å². The van der Waals surface area contributed by atoms with Crippen LogP contribution >= 0.6 is 11.8 Å². The normalized spacial score (nSPS) is 15.8. The third kappa shape index (κ3) is 9.16. The van der Waals surface area contributed by atoms with E-state index in [0.29, 0.717) is 37.8 Å². The van der Waals surface area contributed by atoms with E-state index >= 15 is 0 Å². The van der Waals surface area contributed by atoms with Crippen LogP contribution in [0.3, 0.4) is 0 Å². The first kappa shape index (κ1) is 35.8. The third-order valence-corrected chi connectivity index (χ3v) is 10.7. The van der Waals surface area contributed by atoms with Gasteiger partial charge in [-0.1, -0.05) is 125 Å². The molecule has 1 fully saturated rings. The third-order valence-electron chi connectivity index (χ3n) is 9.61. The highest BCUT2D eigenvalue weighted by atomic mass is 32.2. The smallest absolute Gasteiger partial charge is 0.236 e. The number of hydrogen-bond donors (Lipinski definition) is 0. The summed E-state index contributed by atoms with van der Waals surface area (Å²) in [5.41, 5.74) is 4.99. The van der Waals surface area contributed by atoms with Crippen LogP contribution in [-0.4, -0.2) is 72.3 Å². The van der Waals surface area contributed by atoms with Crippen LogP contribution in [0, 0.1) is 6.92 Å². The number of carbonyl (C=O) groups excluding carboxylic acids is 2. The summed E-state index contributed by atoms with van der Waals surface area (Å²) in [6.45, 7) is 10.9. The van der Waals surface area contributed by atoms with E-state index in [2.05, 4.69) is 84.9 Å². The molecule has 0 spiro atoms. The quantitative estimate of drug-likeness (QED) is 0.0827. The lowest BCUT2D eigenvalue weighted by Crippen LogP contribution is -2.56. The minimum atomic E-state index is -0.306. The summed E-state index contributed by atoms with van der Waals surface area (Å²) in [4.78, 5) is 36.0. The molecule has 8 nitrogen and oxygen atoms in total. The molecule has 1 aliphatic heterocycles. The van der Waals surface area contributed by atoms with Crippen molar-refractivity contribution in [3.63, 3.8) is 0 Å². The number of hydrogen-bond acceptors (Lipinski definition) is 6. The number of carbonyl (C=O) groups is 2. The van der Waals surface area contributed by atoms with E-state index in [1.165, 1.54) is 62.3 Å². The van der Waals surface area contributed by atoms with Gasteiger partial charge in [0.25, 0.3) is 0 Å². The van der Waals surface area contributed by atoms with Gasteiger partial charge in [-0.05, 0) is 44.4 Å². The fraction of sp³-hybridized carbons (Fsp3) is 0.564. The van der Waals surface area contributed by atoms with Gasteiger partial charge >= 0.3 is 0 Å². The second kappa shape index (κ2) is 17.8. The second-order valence-corrected chi connectivity index (χ2v) is 14.7. The number of unbranched alkanes of at least 4 members (excludes halogenated alkanes) is 8. The molecular formula is C39H54N6O2S. The Morgan fingerprint density at radius 1 is 0.896 bits per heavy atom. The predicted octanol–water partition coefficient (Wildman–Crippen LogP) is 8.58. The summed E-state index contributed by atoms with van der Waals surface area (Å²) < 4.78 is 2.21. The molecule has 2 atom stereocenters. The minimum Gasteiger partial charge on any atom is -0.338 e. The van der Waals surface area contributed by atoms with Crippen LogP contribution in [0.15, 0.2) is 53.7 Å². The van der Waals surface area contributed by atoms with Crippen molar-refractivity contribution in [3.8, 4) is 0 Å². The summed E-state index contributed by atoms with van der Waals surface area (Å²) in [6, 6.07) is 16.8. The van der Waals surface area contributed by atoms with Gasteiger partial charge in [0, 0.05) is 44.0 Å². The molecule has 2 amide bonds. The van der Waals surface area contributed by atoms with E-state index < -0.39 is 0 Å². The van der Waals surface area contributed by atoms with Gasteiger partial charge in [0.2, 0.25) is 17.0 Å². The molecule has 9 heteroatoms. The molecule has 48 heavy (non-hydrogen) atoms. The number of aryl methyl sites for hydroxylation is 1. The number of rotatable bonds is 17. The number of benzene rings is 2. The van der Waals surface area contributed by atoms with Crippen molar-refractivity contribution in [1.82, 2.24) is 29.5 Å². The Kier molecular flexibility index (Phi) is 13.3. The number of aromatic nitrogens is 4. The average molecular weight is 671 g/mol. The van der Waals surface area contributed by atoms with Gasteiger partial charge in [-0.15, -0.1) is 10.2 Å². The van der Waals surface area contributed by atoms with Crippen LogP contribution in [0.1, 0.15) is 109 Å². The van der Waals surface area contributed by atoms with Gasteiger partial charge in [-0.3, -0.25) is 9.59 Å². The van der Waals surface area contributed by atoms with E-state index in [0.717, 1.165) is 53.3 Å². The van der Waals surface area contributed by atoms with Gasteiger partial charge in [-0.25, -0.2) is 4.98 Å². The van der Waals surface area contributed by atoms with Crippen molar-refractivity contribution < 1.29 is 9.59 Å². The topological polar surface area (TPSA) is 84.2 Å². The Bertz CT molecular complexity index is 1640. The molecule has 1 saturated heterocycles. The highest BCUT2D eigenvalue weighted by molar-refractivity contribution is 8.00. The number of fused-ring (bicyclic) bond motifs is 3. The molecule has 2 unspecified atom stereocenters. The molecule has 5 rings (SSSR count). The van der Waals surface area contributed by atoms with E-state index in [1.807, 2.05) is 15.9 Å². The Labute approximate surface area is 291 Å². The highest BCUT2D eigenvalue weighted by Crippen LogP contribution is 2.31. The zero-order valence-corrected chi connectivity index (χ0v) is 30.3. The van der Waals surface area contributed by atoms with E-state index in [4.69, 9.17) is 4.98 Å². The first-order valence-corrected chi connectivity index (χ1v) is 19.2. The first-order valence-electron chi connectivity index (χ1n) is 18.3. The minimum absolute atomic E-state index is 0.00691. The second-order valence-electron chi connectivity index (χ2n) is 13.6. The molecular weight excluding hydrogens is 617 g/mol. The Morgan fingerprint density at radius 3 is 2.33 bits per heavy atom. The summed E-state index contributed by atoms with van der Waals surface area (Å²) in [5, 5.41) is 10.5. The predicted molar refractivity (Wildman–Crippen MR) is 197 cm³/mol. The molecule has 1 aliphatic rings. The summed E-state index contributed by atoms with van der Waals surface area (Å²) >= 11 is 1.42. The van der Waals surface area contributed by atoms with Crippen LogP contribution in [-0.2, 0) is 16.1 Å². The molecule has 3 heterocycles. The molecule has 2 aromatic heterocycles. The number of nitrogens with zero attached hydrogens (tertiary/aromatic N) is 6. The van der Waals surface area contributed by atoms with Crippen molar-refractivity contribution >= 4 is 45.6 Å². The van der Waals surface area contributed by atoms with Crippen molar-refractivity contribution in [2.75, 3.05) is 19.6 Å². The lowest BCUT2D eigenvalue weighted by atomic mass is 10.1.